The number of carbonyl (C=O) groups excluding carboxylic acids is 1. The van der Waals surface area contributed by atoms with E-state index in [2.05, 4.69) is 4.90 Å². The predicted octanol–water partition coefficient (Wildman–Crippen LogP) is 2.76. The van der Waals surface area contributed by atoms with Gasteiger partial charge in [-0.05, 0) is 18.6 Å². The van der Waals surface area contributed by atoms with Crippen molar-refractivity contribution in [2.75, 3.05) is 31.1 Å². The summed E-state index contributed by atoms with van der Waals surface area (Å²) in [5, 5.41) is 0. The minimum Gasteiger partial charge on any atom is -0.301 e. The van der Waals surface area contributed by atoms with Crippen LogP contribution in [0.2, 0.25) is 0 Å². The smallest absolute Gasteiger partial charge is 0.164 e. The summed E-state index contributed by atoms with van der Waals surface area (Å²) in [6, 6.07) is 4.73. The van der Waals surface area contributed by atoms with E-state index in [0.29, 0.717) is 17.5 Å². The predicted molar refractivity (Wildman–Crippen MR) is 73.8 cm³/mol. The van der Waals surface area contributed by atoms with Gasteiger partial charge in [0.05, 0.1) is 0 Å². The maximum Gasteiger partial charge on any atom is 0.164 e. The van der Waals surface area contributed by atoms with Gasteiger partial charge < -0.3 is 4.90 Å². The van der Waals surface area contributed by atoms with Crippen molar-refractivity contribution in [1.82, 2.24) is 4.90 Å². The molecule has 0 radical (unpaired) electrons. The molecular weight excluding hydrogens is 249 g/mol. The molecule has 1 saturated heterocycles. The molecule has 0 spiro atoms. The molecule has 0 saturated carbocycles. The molecule has 0 aliphatic carbocycles. The zero-order chi connectivity index (χ0) is 13.0. The van der Waals surface area contributed by atoms with Crippen molar-refractivity contribution < 1.29 is 9.18 Å². The molecule has 0 unspecified atom stereocenters. The van der Waals surface area contributed by atoms with Crippen LogP contribution in [-0.4, -0.2) is 41.8 Å². The quantitative estimate of drug-likeness (QED) is 0.782. The second kappa shape index (κ2) is 6.34. The lowest BCUT2D eigenvalue weighted by Crippen LogP contribution is -2.34. The average molecular weight is 267 g/mol. The molecular formula is C14H18FNOS. The van der Waals surface area contributed by atoms with Crippen molar-refractivity contribution in [2.24, 2.45) is 0 Å². The van der Waals surface area contributed by atoms with Crippen molar-refractivity contribution >= 4 is 17.5 Å². The second-order valence-corrected chi connectivity index (χ2v) is 5.82. The van der Waals surface area contributed by atoms with Gasteiger partial charge in [-0.15, -0.1) is 0 Å². The van der Waals surface area contributed by atoms with Gasteiger partial charge in [0.25, 0.3) is 0 Å². The summed E-state index contributed by atoms with van der Waals surface area (Å²) in [7, 11) is 0. The lowest BCUT2D eigenvalue weighted by molar-refractivity contribution is 0.0966. The van der Waals surface area contributed by atoms with Crippen molar-refractivity contribution in [3.63, 3.8) is 0 Å². The fourth-order valence-electron chi connectivity index (χ4n) is 2.00. The van der Waals surface area contributed by atoms with Gasteiger partial charge in [0.1, 0.15) is 5.82 Å². The highest BCUT2D eigenvalue weighted by Gasteiger charge is 2.13. The van der Waals surface area contributed by atoms with Gasteiger partial charge in [-0.2, -0.15) is 11.8 Å². The first-order valence-electron chi connectivity index (χ1n) is 6.26. The van der Waals surface area contributed by atoms with E-state index in [4.69, 9.17) is 0 Å². The lowest BCUT2D eigenvalue weighted by atomic mass is 10.1. The highest BCUT2D eigenvalue weighted by molar-refractivity contribution is 7.99. The Bertz CT molecular complexity index is 430. The molecule has 0 N–H and O–H groups in total. The zero-order valence-corrected chi connectivity index (χ0v) is 11.4. The zero-order valence-electron chi connectivity index (χ0n) is 10.6. The first-order valence-corrected chi connectivity index (χ1v) is 7.42. The van der Waals surface area contributed by atoms with E-state index in [0.717, 1.165) is 31.1 Å². The Morgan fingerprint density at radius 2 is 2.11 bits per heavy atom. The second-order valence-electron chi connectivity index (χ2n) is 4.59. The minimum absolute atomic E-state index is 0.0344. The van der Waals surface area contributed by atoms with E-state index < -0.39 is 0 Å². The summed E-state index contributed by atoms with van der Waals surface area (Å²) in [4.78, 5) is 14.3. The number of halogens is 1. The number of rotatable bonds is 4. The number of carbonyl (C=O) groups is 1. The number of benzene rings is 1. The molecule has 18 heavy (non-hydrogen) atoms. The van der Waals surface area contributed by atoms with Crippen LogP contribution in [0.25, 0.3) is 0 Å². The van der Waals surface area contributed by atoms with E-state index >= 15 is 0 Å². The van der Waals surface area contributed by atoms with Crippen LogP contribution in [0.1, 0.15) is 22.3 Å². The number of hydrogen-bond acceptors (Lipinski definition) is 3. The maximum absolute atomic E-state index is 13.4. The summed E-state index contributed by atoms with van der Waals surface area (Å²) < 4.78 is 13.4. The molecule has 2 nitrogen and oxygen atoms in total. The maximum atomic E-state index is 13.4. The molecule has 1 aromatic rings. The van der Waals surface area contributed by atoms with Crippen LogP contribution in [0.4, 0.5) is 4.39 Å². The van der Waals surface area contributed by atoms with Crippen LogP contribution >= 0.6 is 11.8 Å². The van der Waals surface area contributed by atoms with Gasteiger partial charge in [0.15, 0.2) is 5.78 Å². The van der Waals surface area contributed by atoms with Crippen molar-refractivity contribution in [3.8, 4) is 0 Å². The number of hydrogen-bond donors (Lipinski definition) is 0. The summed E-state index contributed by atoms with van der Waals surface area (Å²) in [5.41, 5.74) is 1.07. The summed E-state index contributed by atoms with van der Waals surface area (Å²) in [6.45, 7) is 4.60. The molecule has 0 aromatic heterocycles. The Balaban J connectivity index is 1.88. The molecule has 0 amide bonds. The molecule has 1 fully saturated rings. The SMILES string of the molecule is Cc1ccc(C(=O)CCN2CCSCC2)cc1F. The topological polar surface area (TPSA) is 20.3 Å². The van der Waals surface area contributed by atoms with Gasteiger partial charge in [0, 0.05) is 43.1 Å². The van der Waals surface area contributed by atoms with Crippen molar-refractivity contribution in [1.29, 1.82) is 0 Å². The first-order chi connectivity index (χ1) is 8.66. The third-order valence-corrected chi connectivity index (χ3v) is 4.20. The standard InChI is InChI=1S/C14H18FNOS/c1-11-2-3-12(10-13(11)15)14(17)4-5-16-6-8-18-9-7-16/h2-3,10H,4-9H2,1H3. The summed E-state index contributed by atoms with van der Waals surface area (Å²) in [5.74, 6) is 2.03. The Morgan fingerprint density at radius 3 is 2.78 bits per heavy atom. The Kier molecular flexibility index (Phi) is 4.78. The monoisotopic (exact) mass is 267 g/mol. The van der Waals surface area contributed by atoms with Crippen LogP contribution in [0.3, 0.4) is 0 Å². The number of aryl methyl sites for hydroxylation is 1. The van der Waals surface area contributed by atoms with Crippen molar-refractivity contribution in [3.05, 3.63) is 35.1 Å². The van der Waals surface area contributed by atoms with Crippen LogP contribution in [0.5, 0.6) is 0 Å². The number of thioether (sulfide) groups is 1. The number of nitrogens with zero attached hydrogens (tertiary/aromatic N) is 1. The van der Waals surface area contributed by atoms with Crippen LogP contribution in [0, 0.1) is 12.7 Å². The largest absolute Gasteiger partial charge is 0.301 e. The molecule has 98 valence electrons. The molecule has 1 aliphatic rings. The highest BCUT2D eigenvalue weighted by Crippen LogP contribution is 2.13. The van der Waals surface area contributed by atoms with Crippen LogP contribution in [-0.2, 0) is 0 Å². The van der Waals surface area contributed by atoms with E-state index in [1.807, 2.05) is 11.8 Å². The Hall–Kier alpha value is -0.870. The summed E-state index contributed by atoms with van der Waals surface area (Å²) in [6.07, 6.45) is 0.479. The highest BCUT2D eigenvalue weighted by atomic mass is 32.2. The molecule has 0 bridgehead atoms. The first kappa shape index (κ1) is 13.6. The molecule has 1 heterocycles. The average Bonchev–Trinajstić information content (AvgIpc) is 2.40. The fourth-order valence-corrected chi connectivity index (χ4v) is 2.97. The molecule has 4 heteroatoms. The van der Waals surface area contributed by atoms with E-state index in [1.54, 1.807) is 19.1 Å². The van der Waals surface area contributed by atoms with Gasteiger partial charge >= 0.3 is 0 Å². The number of Topliss-reactive ketones (excluding diaryl/α,β-unsaturated/α-hetero) is 1. The normalized spacial score (nSPS) is 16.8. The Labute approximate surface area is 112 Å². The van der Waals surface area contributed by atoms with Gasteiger partial charge in [-0.1, -0.05) is 12.1 Å². The Morgan fingerprint density at radius 1 is 1.39 bits per heavy atom. The van der Waals surface area contributed by atoms with E-state index in [9.17, 15) is 9.18 Å². The molecule has 2 rings (SSSR count). The lowest BCUT2D eigenvalue weighted by Gasteiger charge is -2.25. The number of ketones is 1. The van der Waals surface area contributed by atoms with Crippen LogP contribution in [0.15, 0.2) is 18.2 Å². The molecule has 1 aliphatic heterocycles. The molecule has 1 aromatic carbocycles. The molecule has 0 atom stereocenters. The van der Waals surface area contributed by atoms with Crippen molar-refractivity contribution in [2.45, 2.75) is 13.3 Å². The van der Waals surface area contributed by atoms with Gasteiger partial charge in [-0.3, -0.25) is 4.79 Å². The minimum atomic E-state index is -0.296. The third kappa shape index (κ3) is 3.56. The summed E-state index contributed by atoms with van der Waals surface area (Å²) >= 11 is 1.96. The van der Waals surface area contributed by atoms with E-state index in [-0.39, 0.29) is 11.6 Å². The van der Waals surface area contributed by atoms with E-state index in [1.165, 1.54) is 6.07 Å². The van der Waals surface area contributed by atoms with Gasteiger partial charge in [0.2, 0.25) is 0 Å². The fraction of sp³-hybridized carbons (Fsp3) is 0.500. The van der Waals surface area contributed by atoms with Crippen LogP contribution < -0.4 is 0 Å². The third-order valence-electron chi connectivity index (χ3n) is 3.25. The van der Waals surface area contributed by atoms with Gasteiger partial charge in [-0.25, -0.2) is 4.39 Å².